The maximum absolute atomic E-state index is 13.0. The standard InChI is InChI=1S/C20H25N3O3/c1-20(2,3)26-19(25)22-15-11-16-8-9-17(12-15)23(16)18(24)13-6-5-7-14(10-13)21-4/h5-7,10,15-17H,8-9,11-12H2,1-3H3,(H,22,25). The van der Waals surface area contributed by atoms with E-state index in [1.165, 1.54) is 0 Å². The summed E-state index contributed by atoms with van der Waals surface area (Å²) in [6.07, 6.45) is 2.98. The van der Waals surface area contributed by atoms with Crippen LogP contribution in [0.3, 0.4) is 0 Å². The highest BCUT2D eigenvalue weighted by Crippen LogP contribution is 2.37. The lowest BCUT2D eigenvalue weighted by molar-refractivity contribution is 0.0418. The van der Waals surface area contributed by atoms with Gasteiger partial charge in [-0.25, -0.2) is 9.64 Å². The van der Waals surface area contributed by atoms with Crippen LogP contribution < -0.4 is 5.32 Å². The number of piperidine rings is 1. The van der Waals surface area contributed by atoms with Crippen LogP contribution in [0.5, 0.6) is 0 Å². The molecule has 2 aliphatic rings. The fourth-order valence-electron chi connectivity index (χ4n) is 3.96. The van der Waals surface area contributed by atoms with Gasteiger partial charge in [0, 0.05) is 23.7 Å². The van der Waals surface area contributed by atoms with Crippen molar-refractivity contribution in [3.63, 3.8) is 0 Å². The summed E-state index contributed by atoms with van der Waals surface area (Å²) in [6, 6.07) is 7.15. The zero-order valence-corrected chi connectivity index (χ0v) is 15.5. The molecule has 6 heteroatoms. The number of nitrogens with one attached hydrogen (secondary N) is 1. The van der Waals surface area contributed by atoms with Crippen molar-refractivity contribution in [2.75, 3.05) is 0 Å². The van der Waals surface area contributed by atoms with E-state index >= 15 is 0 Å². The Hall–Kier alpha value is -2.55. The molecular weight excluding hydrogens is 330 g/mol. The smallest absolute Gasteiger partial charge is 0.407 e. The minimum absolute atomic E-state index is 0.0151. The van der Waals surface area contributed by atoms with Crippen molar-refractivity contribution >= 4 is 17.7 Å². The largest absolute Gasteiger partial charge is 0.444 e. The van der Waals surface area contributed by atoms with Gasteiger partial charge in [-0.05, 0) is 52.5 Å². The summed E-state index contributed by atoms with van der Waals surface area (Å²) < 4.78 is 5.34. The molecule has 0 spiro atoms. The number of benzene rings is 1. The topological polar surface area (TPSA) is 63.0 Å². The van der Waals surface area contributed by atoms with Crippen LogP contribution in [0.25, 0.3) is 4.85 Å². The van der Waals surface area contributed by atoms with E-state index in [0.29, 0.717) is 11.3 Å². The van der Waals surface area contributed by atoms with Crippen LogP contribution in [0.4, 0.5) is 10.5 Å². The molecule has 1 N–H and O–H groups in total. The van der Waals surface area contributed by atoms with E-state index in [1.807, 2.05) is 25.7 Å². The quantitative estimate of drug-likeness (QED) is 0.819. The number of alkyl carbamates (subject to hydrolysis) is 1. The molecule has 3 rings (SSSR count). The third-order valence-electron chi connectivity index (χ3n) is 4.91. The first kappa shape index (κ1) is 18.2. The third-order valence-corrected chi connectivity index (χ3v) is 4.91. The molecule has 0 saturated carbocycles. The number of amides is 2. The Balaban J connectivity index is 1.66. The summed E-state index contributed by atoms with van der Waals surface area (Å²) >= 11 is 0. The first-order chi connectivity index (χ1) is 12.3. The highest BCUT2D eigenvalue weighted by atomic mass is 16.6. The monoisotopic (exact) mass is 355 g/mol. The number of hydrogen-bond acceptors (Lipinski definition) is 3. The van der Waals surface area contributed by atoms with Gasteiger partial charge in [0.05, 0.1) is 6.57 Å². The maximum atomic E-state index is 13.0. The molecule has 2 unspecified atom stereocenters. The summed E-state index contributed by atoms with van der Waals surface area (Å²) in [5, 5.41) is 2.95. The predicted octanol–water partition coefficient (Wildman–Crippen LogP) is 3.90. The molecule has 0 aromatic heterocycles. The van der Waals surface area contributed by atoms with Crippen molar-refractivity contribution in [3.05, 3.63) is 41.2 Å². The molecule has 2 fully saturated rings. The summed E-state index contributed by atoms with van der Waals surface area (Å²) in [7, 11) is 0. The fraction of sp³-hybridized carbons (Fsp3) is 0.550. The van der Waals surface area contributed by atoms with E-state index in [9.17, 15) is 9.59 Å². The Morgan fingerprint density at radius 3 is 2.46 bits per heavy atom. The number of nitrogens with zero attached hydrogens (tertiary/aromatic N) is 2. The summed E-state index contributed by atoms with van der Waals surface area (Å²) in [6.45, 7) is 12.6. The Labute approximate surface area is 154 Å². The number of fused-ring (bicyclic) bond motifs is 2. The average molecular weight is 355 g/mol. The number of carbonyl (C=O) groups is 2. The van der Waals surface area contributed by atoms with Crippen molar-refractivity contribution in [1.82, 2.24) is 10.2 Å². The van der Waals surface area contributed by atoms with Crippen molar-refractivity contribution in [2.24, 2.45) is 0 Å². The van der Waals surface area contributed by atoms with Crippen LogP contribution in [0.1, 0.15) is 56.8 Å². The zero-order chi connectivity index (χ0) is 18.9. The maximum Gasteiger partial charge on any atom is 0.407 e. The number of ether oxygens (including phenoxy) is 1. The van der Waals surface area contributed by atoms with Crippen LogP contribution in [0.2, 0.25) is 0 Å². The van der Waals surface area contributed by atoms with Gasteiger partial charge in [-0.2, -0.15) is 0 Å². The summed E-state index contributed by atoms with van der Waals surface area (Å²) in [5.41, 5.74) is 0.520. The van der Waals surface area contributed by atoms with Crippen molar-refractivity contribution in [3.8, 4) is 0 Å². The van der Waals surface area contributed by atoms with Crippen LogP contribution in [-0.2, 0) is 4.74 Å². The first-order valence-corrected chi connectivity index (χ1v) is 9.06. The van der Waals surface area contributed by atoms with Crippen molar-refractivity contribution in [2.45, 2.75) is 70.2 Å². The van der Waals surface area contributed by atoms with Crippen LogP contribution in [0.15, 0.2) is 24.3 Å². The lowest BCUT2D eigenvalue weighted by Gasteiger charge is -2.39. The Kier molecular flexibility index (Phi) is 4.90. The van der Waals surface area contributed by atoms with Gasteiger partial charge in [0.25, 0.3) is 5.91 Å². The van der Waals surface area contributed by atoms with Gasteiger partial charge in [-0.3, -0.25) is 4.79 Å². The van der Waals surface area contributed by atoms with Gasteiger partial charge < -0.3 is 15.0 Å². The minimum atomic E-state index is -0.520. The number of carbonyl (C=O) groups excluding carboxylic acids is 2. The van der Waals surface area contributed by atoms with Gasteiger partial charge in [-0.15, -0.1) is 0 Å². The van der Waals surface area contributed by atoms with Gasteiger partial charge in [0.15, 0.2) is 5.69 Å². The molecule has 2 heterocycles. The number of rotatable bonds is 2. The predicted molar refractivity (Wildman–Crippen MR) is 98.1 cm³/mol. The molecule has 2 aliphatic heterocycles. The Morgan fingerprint density at radius 1 is 1.23 bits per heavy atom. The lowest BCUT2D eigenvalue weighted by Crippen LogP contribution is -2.53. The molecule has 0 aliphatic carbocycles. The van der Waals surface area contributed by atoms with Gasteiger partial charge >= 0.3 is 6.09 Å². The second-order valence-corrected chi connectivity index (χ2v) is 8.07. The SMILES string of the molecule is [C-]#[N+]c1cccc(C(=O)N2C3CCC2CC(NC(=O)OC(C)(C)C)C3)c1. The summed E-state index contributed by atoms with van der Waals surface area (Å²) in [4.78, 5) is 30.3. The molecule has 2 bridgehead atoms. The molecule has 138 valence electrons. The van der Waals surface area contributed by atoms with Gasteiger partial charge in [-0.1, -0.05) is 18.2 Å². The molecule has 0 radical (unpaired) electrons. The van der Waals surface area contributed by atoms with E-state index in [4.69, 9.17) is 11.3 Å². The minimum Gasteiger partial charge on any atom is -0.444 e. The Bertz CT molecular complexity index is 733. The fourth-order valence-corrected chi connectivity index (χ4v) is 3.96. The van der Waals surface area contributed by atoms with E-state index in [0.717, 1.165) is 25.7 Å². The lowest BCUT2D eigenvalue weighted by atomic mass is 9.96. The highest BCUT2D eigenvalue weighted by Gasteiger charge is 2.44. The average Bonchev–Trinajstić information content (AvgIpc) is 2.83. The second-order valence-electron chi connectivity index (χ2n) is 8.07. The molecule has 2 atom stereocenters. The first-order valence-electron chi connectivity index (χ1n) is 9.06. The van der Waals surface area contributed by atoms with Crippen molar-refractivity contribution in [1.29, 1.82) is 0 Å². The molecule has 1 aromatic carbocycles. The van der Waals surface area contributed by atoms with Crippen LogP contribution >= 0.6 is 0 Å². The molecule has 6 nitrogen and oxygen atoms in total. The highest BCUT2D eigenvalue weighted by molar-refractivity contribution is 5.96. The number of hydrogen-bond donors (Lipinski definition) is 1. The normalized spacial score (nSPS) is 24.7. The third kappa shape index (κ3) is 3.98. The Morgan fingerprint density at radius 2 is 1.88 bits per heavy atom. The summed E-state index contributed by atoms with van der Waals surface area (Å²) in [5.74, 6) is -0.0151. The van der Waals surface area contributed by atoms with Crippen LogP contribution in [0, 0.1) is 6.57 Å². The zero-order valence-electron chi connectivity index (χ0n) is 15.5. The molecule has 2 amide bonds. The molecule has 2 saturated heterocycles. The molecule has 26 heavy (non-hydrogen) atoms. The van der Waals surface area contributed by atoms with E-state index in [1.54, 1.807) is 24.3 Å². The van der Waals surface area contributed by atoms with E-state index < -0.39 is 11.7 Å². The van der Waals surface area contributed by atoms with E-state index in [-0.39, 0.29) is 24.0 Å². The molecular formula is C20H25N3O3. The van der Waals surface area contributed by atoms with Crippen molar-refractivity contribution < 1.29 is 14.3 Å². The van der Waals surface area contributed by atoms with Gasteiger partial charge in [0.2, 0.25) is 0 Å². The van der Waals surface area contributed by atoms with E-state index in [2.05, 4.69) is 10.2 Å². The van der Waals surface area contributed by atoms with Gasteiger partial charge in [0.1, 0.15) is 5.60 Å². The second kappa shape index (κ2) is 6.99. The molecule has 1 aromatic rings. The van der Waals surface area contributed by atoms with Crippen LogP contribution in [-0.4, -0.2) is 40.6 Å².